The van der Waals surface area contributed by atoms with Crippen LogP contribution in [-0.4, -0.2) is 20.3 Å². The van der Waals surface area contributed by atoms with Gasteiger partial charge in [-0.15, -0.1) is 0 Å². The van der Waals surface area contributed by atoms with Gasteiger partial charge < -0.3 is 9.05 Å². The smallest absolute Gasteiger partial charge is 0.232 e. The van der Waals surface area contributed by atoms with E-state index in [4.69, 9.17) is 14.3 Å². The van der Waals surface area contributed by atoms with E-state index in [1.807, 2.05) is 12.1 Å². The average molecular weight is 281 g/mol. The summed E-state index contributed by atoms with van der Waals surface area (Å²) in [6.07, 6.45) is 4.28. The SMILES string of the molecule is Cc1onc(Cc2nc(Cc3cccnc3)no2)c1C#N. The third kappa shape index (κ3) is 2.79. The van der Waals surface area contributed by atoms with Crippen LogP contribution in [0.1, 0.15) is 34.3 Å². The predicted octanol–water partition coefficient (Wildman–Crippen LogP) is 1.81. The fourth-order valence-corrected chi connectivity index (χ4v) is 1.94. The summed E-state index contributed by atoms with van der Waals surface area (Å²) in [5, 5.41) is 16.8. The summed E-state index contributed by atoms with van der Waals surface area (Å²) < 4.78 is 10.2. The van der Waals surface area contributed by atoms with E-state index in [0.717, 1.165) is 5.56 Å². The maximum absolute atomic E-state index is 9.04. The first-order valence-corrected chi connectivity index (χ1v) is 6.32. The van der Waals surface area contributed by atoms with Gasteiger partial charge in [-0.3, -0.25) is 4.98 Å². The lowest BCUT2D eigenvalue weighted by Gasteiger charge is -1.93. The highest BCUT2D eigenvalue weighted by Gasteiger charge is 2.16. The van der Waals surface area contributed by atoms with E-state index in [1.54, 1.807) is 19.3 Å². The number of pyridine rings is 1. The number of hydrogen-bond acceptors (Lipinski definition) is 7. The van der Waals surface area contributed by atoms with Gasteiger partial charge in [0.2, 0.25) is 5.89 Å². The minimum atomic E-state index is 0.278. The molecule has 0 atom stereocenters. The minimum absolute atomic E-state index is 0.278. The Labute approximate surface area is 120 Å². The first-order valence-electron chi connectivity index (χ1n) is 6.32. The summed E-state index contributed by atoms with van der Waals surface area (Å²) in [5.74, 6) is 1.46. The van der Waals surface area contributed by atoms with Gasteiger partial charge in [0, 0.05) is 18.8 Å². The lowest BCUT2D eigenvalue weighted by molar-refractivity contribution is 0.368. The third-order valence-electron chi connectivity index (χ3n) is 2.96. The second-order valence-electron chi connectivity index (χ2n) is 4.49. The number of nitrogens with zero attached hydrogens (tertiary/aromatic N) is 5. The molecule has 0 aromatic carbocycles. The maximum atomic E-state index is 9.04. The van der Waals surface area contributed by atoms with Crippen molar-refractivity contribution in [1.82, 2.24) is 20.3 Å². The molecule has 0 aliphatic rings. The molecule has 7 nitrogen and oxygen atoms in total. The molecule has 0 aliphatic heterocycles. The molecule has 3 aromatic heterocycles. The molecule has 0 N–H and O–H groups in total. The maximum Gasteiger partial charge on any atom is 0.232 e. The van der Waals surface area contributed by atoms with E-state index in [0.29, 0.717) is 35.2 Å². The Hall–Kier alpha value is -3.01. The second-order valence-corrected chi connectivity index (χ2v) is 4.49. The highest BCUT2D eigenvalue weighted by Crippen LogP contribution is 2.15. The Balaban J connectivity index is 1.75. The molecule has 0 bridgehead atoms. The van der Waals surface area contributed by atoms with Gasteiger partial charge in [0.1, 0.15) is 17.3 Å². The third-order valence-corrected chi connectivity index (χ3v) is 2.96. The van der Waals surface area contributed by atoms with Crippen LogP contribution in [0.5, 0.6) is 0 Å². The van der Waals surface area contributed by atoms with Crippen molar-refractivity contribution in [3.05, 3.63) is 58.8 Å². The molecule has 0 aliphatic carbocycles. The van der Waals surface area contributed by atoms with E-state index < -0.39 is 0 Å². The average Bonchev–Trinajstić information content (AvgIpc) is 3.07. The number of aryl methyl sites for hydroxylation is 1. The van der Waals surface area contributed by atoms with Crippen molar-refractivity contribution in [2.45, 2.75) is 19.8 Å². The van der Waals surface area contributed by atoms with Crippen molar-refractivity contribution >= 4 is 0 Å². The Morgan fingerprint density at radius 2 is 2.14 bits per heavy atom. The molecule has 0 unspecified atom stereocenters. The summed E-state index contributed by atoms with van der Waals surface area (Å²) in [5.41, 5.74) is 1.92. The van der Waals surface area contributed by atoms with Gasteiger partial charge in [-0.2, -0.15) is 10.2 Å². The van der Waals surface area contributed by atoms with E-state index in [2.05, 4.69) is 26.4 Å². The quantitative estimate of drug-likeness (QED) is 0.718. The van der Waals surface area contributed by atoms with E-state index in [9.17, 15) is 0 Å². The van der Waals surface area contributed by atoms with Gasteiger partial charge in [0.15, 0.2) is 11.6 Å². The zero-order valence-electron chi connectivity index (χ0n) is 11.3. The molecule has 0 saturated heterocycles. The zero-order chi connectivity index (χ0) is 14.7. The van der Waals surface area contributed by atoms with Crippen LogP contribution < -0.4 is 0 Å². The van der Waals surface area contributed by atoms with Crippen molar-refractivity contribution in [2.24, 2.45) is 0 Å². The van der Waals surface area contributed by atoms with Crippen molar-refractivity contribution in [2.75, 3.05) is 0 Å². The number of nitriles is 1. The highest BCUT2D eigenvalue weighted by atomic mass is 16.5. The van der Waals surface area contributed by atoms with Gasteiger partial charge in [-0.25, -0.2) is 0 Å². The molecule has 0 radical (unpaired) electrons. The summed E-state index contributed by atoms with van der Waals surface area (Å²) in [6.45, 7) is 1.69. The van der Waals surface area contributed by atoms with Gasteiger partial charge in [-0.05, 0) is 18.6 Å². The molecule has 0 fully saturated rings. The molecule has 0 saturated carbocycles. The zero-order valence-corrected chi connectivity index (χ0v) is 11.3. The summed E-state index contributed by atoms with van der Waals surface area (Å²) in [4.78, 5) is 8.33. The summed E-state index contributed by atoms with van der Waals surface area (Å²) >= 11 is 0. The molecule has 0 spiro atoms. The summed E-state index contributed by atoms with van der Waals surface area (Å²) in [7, 11) is 0. The Bertz CT molecular complexity index is 785. The number of hydrogen-bond donors (Lipinski definition) is 0. The van der Waals surface area contributed by atoms with E-state index in [-0.39, 0.29) is 6.42 Å². The Morgan fingerprint density at radius 3 is 2.90 bits per heavy atom. The monoisotopic (exact) mass is 281 g/mol. The van der Waals surface area contributed by atoms with Crippen LogP contribution in [0, 0.1) is 18.3 Å². The van der Waals surface area contributed by atoms with E-state index in [1.165, 1.54) is 0 Å². The fourth-order valence-electron chi connectivity index (χ4n) is 1.94. The van der Waals surface area contributed by atoms with Gasteiger partial charge in [0.05, 0.1) is 6.42 Å². The van der Waals surface area contributed by atoms with Crippen molar-refractivity contribution in [3.63, 3.8) is 0 Å². The fraction of sp³-hybridized carbons (Fsp3) is 0.214. The van der Waals surface area contributed by atoms with Crippen molar-refractivity contribution < 1.29 is 9.05 Å². The Morgan fingerprint density at radius 1 is 1.24 bits per heavy atom. The van der Waals surface area contributed by atoms with Gasteiger partial charge >= 0.3 is 0 Å². The molecular formula is C14H11N5O2. The van der Waals surface area contributed by atoms with E-state index >= 15 is 0 Å². The first kappa shape index (κ1) is 13.0. The van der Waals surface area contributed by atoms with Crippen LogP contribution in [-0.2, 0) is 12.8 Å². The molecule has 3 heterocycles. The van der Waals surface area contributed by atoms with Crippen LogP contribution in [0.15, 0.2) is 33.6 Å². The lowest BCUT2D eigenvalue weighted by Crippen LogP contribution is -1.94. The molecule has 21 heavy (non-hydrogen) atoms. The molecule has 3 aromatic rings. The predicted molar refractivity (Wildman–Crippen MR) is 70.1 cm³/mol. The van der Waals surface area contributed by atoms with Gasteiger partial charge in [0.25, 0.3) is 0 Å². The highest BCUT2D eigenvalue weighted by molar-refractivity contribution is 5.36. The molecular weight excluding hydrogens is 270 g/mol. The second kappa shape index (κ2) is 5.54. The molecule has 7 heteroatoms. The van der Waals surface area contributed by atoms with Crippen LogP contribution in [0.4, 0.5) is 0 Å². The number of rotatable bonds is 4. The normalized spacial score (nSPS) is 10.5. The van der Waals surface area contributed by atoms with Crippen LogP contribution in [0.2, 0.25) is 0 Å². The minimum Gasteiger partial charge on any atom is -0.360 e. The molecule has 3 rings (SSSR count). The van der Waals surface area contributed by atoms with Crippen molar-refractivity contribution in [1.29, 1.82) is 5.26 Å². The van der Waals surface area contributed by atoms with Crippen LogP contribution >= 0.6 is 0 Å². The largest absolute Gasteiger partial charge is 0.360 e. The number of aromatic nitrogens is 4. The summed E-state index contributed by atoms with van der Waals surface area (Å²) in [6, 6.07) is 5.85. The molecule has 0 amide bonds. The lowest BCUT2D eigenvalue weighted by atomic mass is 10.1. The van der Waals surface area contributed by atoms with Crippen LogP contribution in [0.25, 0.3) is 0 Å². The standard InChI is InChI=1S/C14H11N5O2/c1-9-11(7-15)12(18-20-9)6-14-17-13(19-21-14)5-10-3-2-4-16-8-10/h2-4,8H,5-6H2,1H3. The topological polar surface area (TPSA) is 102 Å². The van der Waals surface area contributed by atoms with Crippen LogP contribution in [0.3, 0.4) is 0 Å². The molecule has 104 valence electrons. The first-order chi connectivity index (χ1) is 10.3. The Kier molecular flexibility index (Phi) is 3.43. The van der Waals surface area contributed by atoms with Crippen molar-refractivity contribution in [3.8, 4) is 6.07 Å². The van der Waals surface area contributed by atoms with Gasteiger partial charge in [-0.1, -0.05) is 16.4 Å².